The van der Waals surface area contributed by atoms with E-state index in [0.29, 0.717) is 0 Å². The first-order valence-electron chi connectivity index (χ1n) is 13.3. The molecular weight excluding hydrogens is 559 g/mol. The predicted molar refractivity (Wildman–Crippen MR) is 147 cm³/mol. The van der Waals surface area contributed by atoms with Gasteiger partial charge in [-0.25, -0.2) is 14.4 Å². The Morgan fingerprint density at radius 3 is 1.00 bits per heavy atom. The molecule has 0 aliphatic heterocycles. The number of hydrogen-bond donors (Lipinski definition) is 3. The molecule has 0 aromatic carbocycles. The molecule has 3 N–H and O–H groups in total. The maximum atomic E-state index is 12.6. The van der Waals surface area contributed by atoms with Crippen molar-refractivity contribution in [3.05, 3.63) is 0 Å². The number of carbonyl (C=O) groups excluding carboxylic acids is 3. The van der Waals surface area contributed by atoms with Crippen molar-refractivity contribution in [1.82, 2.24) is 0 Å². The third-order valence-corrected chi connectivity index (χ3v) is 11.6. The third kappa shape index (κ3) is 11.4. The lowest BCUT2D eigenvalue weighted by Crippen LogP contribution is -2.28. The van der Waals surface area contributed by atoms with Crippen LogP contribution in [0.25, 0.3) is 0 Å². The summed E-state index contributed by atoms with van der Waals surface area (Å²) in [7, 11) is -2.91. The quantitative estimate of drug-likeness (QED) is 0.206. The maximum Gasteiger partial charge on any atom is 0.537 e. The van der Waals surface area contributed by atoms with Crippen LogP contribution >= 0.6 is 43.9 Å². The number of hydrogen-bond acceptors (Lipinski definition) is 12. The molecule has 0 amide bonds. The fourth-order valence-electron chi connectivity index (χ4n) is 4.73. The van der Waals surface area contributed by atoms with Crippen LogP contribution in [0, 0.1) is 0 Å². The molecule has 0 radical (unpaired) electrons. The molecule has 3 saturated carbocycles. The minimum Gasteiger partial charge on any atom is -0.372 e. The second-order valence-corrected chi connectivity index (χ2v) is 14.9. The second-order valence-electron chi connectivity index (χ2n) is 9.70. The highest BCUT2D eigenvalue weighted by Gasteiger charge is 2.37. The van der Waals surface area contributed by atoms with Gasteiger partial charge in [0.05, 0.1) is 0 Å². The zero-order valence-electron chi connectivity index (χ0n) is 21.0. The van der Waals surface area contributed by atoms with Gasteiger partial charge >= 0.3 is 26.5 Å². The molecule has 3 atom stereocenters. The Balaban J connectivity index is 1.56. The third-order valence-electron chi connectivity index (χ3n) is 6.72. The van der Waals surface area contributed by atoms with Crippen LogP contribution in [0.15, 0.2) is 0 Å². The lowest BCUT2D eigenvalue weighted by atomic mass is 10.0. The van der Waals surface area contributed by atoms with E-state index in [1.807, 2.05) is 0 Å². The number of carbonyl (C=O) groups is 3. The van der Waals surface area contributed by atoms with E-state index in [2.05, 4.69) is 0 Å². The first-order valence-corrected chi connectivity index (χ1v) is 17.2. The summed E-state index contributed by atoms with van der Waals surface area (Å²) in [5, 5.41) is 31.4. The number of thioether (sulfide) groups is 3. The molecule has 3 aliphatic carbocycles. The minimum atomic E-state index is -2.91. The van der Waals surface area contributed by atoms with E-state index < -0.39 is 42.8 Å². The highest BCUT2D eigenvalue weighted by molar-refractivity contribution is 8.01. The summed E-state index contributed by atoms with van der Waals surface area (Å²) < 4.78 is 15.3. The van der Waals surface area contributed by atoms with Gasteiger partial charge in [0.1, 0.15) is 0 Å². The second kappa shape index (κ2) is 16.8. The number of aliphatic hydroxyl groups is 3. The highest BCUT2D eigenvalue weighted by atomic mass is 32.2. The first kappa shape index (κ1) is 31.3. The van der Waals surface area contributed by atoms with Crippen LogP contribution in [-0.4, -0.2) is 65.3 Å². The van der Waals surface area contributed by atoms with Crippen LogP contribution in [-0.2, 0) is 28.0 Å². The Morgan fingerprint density at radius 1 is 0.514 bits per heavy atom. The van der Waals surface area contributed by atoms with Crippen LogP contribution in [0.3, 0.4) is 0 Å². The van der Waals surface area contributed by atoms with Gasteiger partial charge in [-0.1, -0.05) is 57.8 Å². The fourth-order valence-corrected chi connectivity index (χ4v) is 9.18. The van der Waals surface area contributed by atoms with Gasteiger partial charge in [-0.15, -0.1) is 35.3 Å². The smallest absolute Gasteiger partial charge is 0.372 e. The van der Waals surface area contributed by atoms with Crippen molar-refractivity contribution >= 4 is 61.8 Å². The predicted octanol–water partition coefficient (Wildman–Crippen LogP) is 5.00. The lowest BCUT2D eigenvalue weighted by Gasteiger charge is -2.25. The van der Waals surface area contributed by atoms with Gasteiger partial charge in [0.25, 0.3) is 0 Å². The monoisotopic (exact) mass is 598 g/mol. The van der Waals surface area contributed by atoms with Crippen LogP contribution < -0.4 is 0 Å². The van der Waals surface area contributed by atoms with Crippen LogP contribution in [0.5, 0.6) is 0 Å². The molecule has 0 aromatic rings. The van der Waals surface area contributed by atoms with Gasteiger partial charge in [-0.05, 0) is 38.5 Å². The topological polar surface area (TPSA) is 140 Å². The number of rotatable bonds is 12. The van der Waals surface area contributed by atoms with Crippen molar-refractivity contribution in [1.29, 1.82) is 0 Å². The zero-order valence-corrected chi connectivity index (χ0v) is 24.4. The lowest BCUT2D eigenvalue weighted by molar-refractivity contribution is -0.148. The molecule has 212 valence electrons. The molecule has 37 heavy (non-hydrogen) atoms. The zero-order chi connectivity index (χ0) is 26.6. The molecule has 3 aliphatic rings. The fraction of sp³-hybridized carbons (Fsp3) is 0.875. The summed E-state index contributed by atoms with van der Waals surface area (Å²) in [4.78, 5) is 37.7. The van der Waals surface area contributed by atoms with Crippen molar-refractivity contribution in [2.75, 3.05) is 0 Å². The van der Waals surface area contributed by atoms with E-state index in [-0.39, 0.29) is 15.7 Å². The van der Waals surface area contributed by atoms with Crippen molar-refractivity contribution in [2.24, 2.45) is 0 Å². The van der Waals surface area contributed by atoms with Crippen molar-refractivity contribution < 1.29 is 43.3 Å². The Bertz CT molecular complexity index is 633. The minimum absolute atomic E-state index is 0.107. The van der Waals surface area contributed by atoms with Gasteiger partial charge < -0.3 is 28.9 Å². The van der Waals surface area contributed by atoms with Crippen LogP contribution in [0.1, 0.15) is 96.3 Å². The Labute approximate surface area is 232 Å². The van der Waals surface area contributed by atoms with E-state index >= 15 is 0 Å². The molecule has 0 saturated heterocycles. The van der Waals surface area contributed by atoms with E-state index in [9.17, 15) is 29.7 Å². The normalized spacial score (nSPS) is 23.4. The van der Waals surface area contributed by atoms with Gasteiger partial charge in [-0.2, -0.15) is 0 Å². The number of aliphatic hydroxyl groups excluding tert-OH is 3. The molecule has 0 aromatic heterocycles. The largest absolute Gasteiger partial charge is 0.537 e. The Morgan fingerprint density at radius 2 is 0.757 bits per heavy atom. The molecule has 3 fully saturated rings. The van der Waals surface area contributed by atoms with Crippen LogP contribution in [0.2, 0.25) is 0 Å². The van der Waals surface area contributed by atoms with Crippen molar-refractivity contribution in [2.45, 2.75) is 128 Å². The molecule has 3 unspecified atom stereocenters. The van der Waals surface area contributed by atoms with Crippen molar-refractivity contribution in [3.8, 4) is 0 Å². The van der Waals surface area contributed by atoms with E-state index in [1.165, 1.54) is 0 Å². The van der Waals surface area contributed by atoms with E-state index in [4.69, 9.17) is 13.6 Å². The molecule has 13 heteroatoms. The van der Waals surface area contributed by atoms with Gasteiger partial charge in [0.2, 0.25) is 0 Å². The summed E-state index contributed by atoms with van der Waals surface area (Å²) in [6.07, 6.45) is 14.8. The molecular formula is C24H39O9PS3. The van der Waals surface area contributed by atoms with Gasteiger partial charge in [-0.3, -0.25) is 0 Å². The highest BCUT2D eigenvalue weighted by Crippen LogP contribution is 2.44. The molecule has 3 rings (SSSR count). The molecule has 0 spiro atoms. The standard InChI is InChI=1S/C24H39O9PS3/c25-19(22(28)35-16-10-4-1-5-11-16)31-34(32-20(26)23(29)36-17-12-6-2-7-13-17)33-21(27)24(30)37-18-14-8-3-9-15-18/h16-18,22-24,28-30H,1-15H2. The molecule has 0 bridgehead atoms. The summed E-state index contributed by atoms with van der Waals surface area (Å²) in [5.41, 5.74) is -4.60. The summed E-state index contributed by atoms with van der Waals surface area (Å²) >= 11 is 3.21. The average Bonchev–Trinajstić information content (AvgIpc) is 2.90. The molecule has 9 nitrogen and oxygen atoms in total. The van der Waals surface area contributed by atoms with Crippen LogP contribution in [0.4, 0.5) is 0 Å². The maximum absolute atomic E-state index is 12.6. The van der Waals surface area contributed by atoms with Gasteiger partial charge in [0, 0.05) is 15.7 Å². The summed E-state index contributed by atoms with van der Waals surface area (Å²) in [5.74, 6) is -3.27. The van der Waals surface area contributed by atoms with Gasteiger partial charge in [0.15, 0.2) is 16.3 Å². The van der Waals surface area contributed by atoms with E-state index in [0.717, 1.165) is 132 Å². The first-order chi connectivity index (χ1) is 17.8. The average molecular weight is 599 g/mol. The van der Waals surface area contributed by atoms with Crippen molar-refractivity contribution in [3.63, 3.8) is 0 Å². The Hall–Kier alpha value is -0.230. The molecule has 0 heterocycles. The van der Waals surface area contributed by atoms with E-state index in [1.54, 1.807) is 0 Å². The Kier molecular flexibility index (Phi) is 14.2. The summed E-state index contributed by atoms with van der Waals surface area (Å²) in [6.45, 7) is 0. The summed E-state index contributed by atoms with van der Waals surface area (Å²) in [6, 6.07) is 0. The SMILES string of the molecule is O=C(OP(OC(=O)C(O)SC1CCCCC1)OC(=O)C(O)SC1CCCCC1)C(O)SC1CCCCC1.